The quantitative estimate of drug-likeness (QED) is 0.424. The second kappa shape index (κ2) is 8.92. The van der Waals surface area contributed by atoms with Gasteiger partial charge in [0.25, 0.3) is 0 Å². The topological polar surface area (TPSA) is 93.2 Å². The van der Waals surface area contributed by atoms with Crippen molar-refractivity contribution < 1.29 is 31.4 Å². The van der Waals surface area contributed by atoms with Gasteiger partial charge in [-0.05, 0) is 24.3 Å². The number of carbonyl (C=O) groups is 1. The van der Waals surface area contributed by atoms with Crippen LogP contribution >= 0.6 is 0 Å². The summed E-state index contributed by atoms with van der Waals surface area (Å²) in [5, 5.41) is 12.5. The van der Waals surface area contributed by atoms with Crippen molar-refractivity contribution in [1.82, 2.24) is 20.9 Å². The molecule has 0 unspecified atom stereocenters. The molecule has 11 heteroatoms. The van der Waals surface area contributed by atoms with Crippen molar-refractivity contribution in [1.29, 1.82) is 0 Å². The molecule has 2 amide bonds. The van der Waals surface area contributed by atoms with Crippen molar-refractivity contribution in [2.75, 3.05) is 0 Å². The van der Waals surface area contributed by atoms with Gasteiger partial charge in [0, 0.05) is 24.3 Å². The molecule has 2 heterocycles. The van der Waals surface area contributed by atoms with Crippen LogP contribution in [0.4, 0.5) is 22.4 Å². The molecule has 0 aliphatic carbocycles. The fourth-order valence-corrected chi connectivity index (χ4v) is 2.83. The first-order valence-electron chi connectivity index (χ1n) is 9.23. The van der Waals surface area contributed by atoms with Gasteiger partial charge in [0.15, 0.2) is 11.5 Å². The Balaban J connectivity index is 1.30. The maximum absolute atomic E-state index is 13.8. The first kappa shape index (κ1) is 21.1. The lowest BCUT2D eigenvalue weighted by Crippen LogP contribution is -2.34. The summed E-state index contributed by atoms with van der Waals surface area (Å²) < 4.78 is 63.7. The van der Waals surface area contributed by atoms with Crippen molar-refractivity contribution in [2.24, 2.45) is 0 Å². The maximum atomic E-state index is 13.8. The van der Waals surface area contributed by atoms with Gasteiger partial charge in [-0.15, -0.1) is 0 Å². The average molecular weight is 446 g/mol. The highest BCUT2D eigenvalue weighted by Gasteiger charge is 2.14. The molecule has 32 heavy (non-hydrogen) atoms. The highest BCUT2D eigenvalue weighted by Crippen LogP contribution is 2.25. The van der Waals surface area contributed by atoms with Crippen LogP contribution in [0.3, 0.4) is 0 Å². The Morgan fingerprint density at radius 2 is 1.16 bits per heavy atom. The number of carbonyl (C=O) groups excluding carboxylic acids is 1. The minimum Gasteiger partial charge on any atom is -0.356 e. The summed E-state index contributed by atoms with van der Waals surface area (Å²) >= 11 is 0. The van der Waals surface area contributed by atoms with E-state index >= 15 is 0 Å². The van der Waals surface area contributed by atoms with Crippen LogP contribution in [0.15, 0.2) is 57.6 Å². The molecule has 2 N–H and O–H groups in total. The molecule has 0 saturated carbocycles. The number of nitrogens with one attached hydrogen (secondary N) is 2. The molecule has 0 aliphatic heterocycles. The SMILES string of the molecule is O=C(NCc1cc(-c2ccc(F)cc2F)on1)NCc1cc(-c2ccc(F)cc2F)on1. The van der Waals surface area contributed by atoms with E-state index in [9.17, 15) is 22.4 Å². The molecule has 4 rings (SSSR count). The third kappa shape index (κ3) is 4.77. The fourth-order valence-electron chi connectivity index (χ4n) is 2.83. The zero-order chi connectivity index (χ0) is 22.7. The van der Waals surface area contributed by atoms with Crippen molar-refractivity contribution in [3.63, 3.8) is 0 Å². The van der Waals surface area contributed by atoms with Gasteiger partial charge in [-0.2, -0.15) is 0 Å². The smallest absolute Gasteiger partial charge is 0.315 e. The van der Waals surface area contributed by atoms with Gasteiger partial charge in [0.2, 0.25) is 0 Å². The summed E-state index contributed by atoms with van der Waals surface area (Å²) in [4.78, 5) is 12.0. The molecule has 2 aromatic carbocycles. The number of halogens is 4. The lowest BCUT2D eigenvalue weighted by Gasteiger charge is -2.03. The van der Waals surface area contributed by atoms with Crippen molar-refractivity contribution in [2.45, 2.75) is 13.1 Å². The minimum atomic E-state index is -0.800. The average Bonchev–Trinajstić information content (AvgIpc) is 3.40. The van der Waals surface area contributed by atoms with Gasteiger partial charge in [-0.1, -0.05) is 10.3 Å². The van der Waals surface area contributed by atoms with E-state index in [2.05, 4.69) is 20.9 Å². The molecule has 0 atom stereocenters. The molecular weight excluding hydrogens is 432 g/mol. The second-order valence-corrected chi connectivity index (χ2v) is 6.65. The number of hydrogen-bond donors (Lipinski definition) is 2. The summed E-state index contributed by atoms with van der Waals surface area (Å²) in [6.45, 7) is -0.0496. The van der Waals surface area contributed by atoms with Crippen LogP contribution in [-0.2, 0) is 13.1 Å². The van der Waals surface area contributed by atoms with E-state index in [1.54, 1.807) is 0 Å². The van der Waals surface area contributed by atoms with Gasteiger partial charge >= 0.3 is 6.03 Å². The Kier molecular flexibility index (Phi) is 5.88. The van der Waals surface area contributed by atoms with Crippen LogP contribution in [0.1, 0.15) is 11.4 Å². The predicted molar refractivity (Wildman–Crippen MR) is 103 cm³/mol. The number of benzene rings is 2. The summed E-state index contributed by atoms with van der Waals surface area (Å²) in [5.41, 5.74) is 0.701. The van der Waals surface area contributed by atoms with E-state index in [-0.39, 0.29) is 35.7 Å². The van der Waals surface area contributed by atoms with Crippen LogP contribution < -0.4 is 10.6 Å². The minimum absolute atomic E-state index is 0.0248. The van der Waals surface area contributed by atoms with Gasteiger partial charge in [0.05, 0.1) is 24.2 Å². The lowest BCUT2D eigenvalue weighted by molar-refractivity contribution is 0.239. The Morgan fingerprint density at radius 3 is 1.56 bits per heavy atom. The van der Waals surface area contributed by atoms with E-state index in [4.69, 9.17) is 9.05 Å². The largest absolute Gasteiger partial charge is 0.356 e. The van der Waals surface area contributed by atoms with E-state index in [1.165, 1.54) is 24.3 Å². The predicted octanol–water partition coefficient (Wildman–Crippen LogP) is 4.55. The van der Waals surface area contributed by atoms with Crippen molar-refractivity contribution in [3.05, 3.63) is 83.2 Å². The highest BCUT2D eigenvalue weighted by molar-refractivity contribution is 5.73. The van der Waals surface area contributed by atoms with Gasteiger partial charge < -0.3 is 19.7 Å². The molecule has 7 nitrogen and oxygen atoms in total. The Morgan fingerprint density at radius 1 is 0.719 bits per heavy atom. The molecular formula is C21H14F4N4O3. The first-order valence-corrected chi connectivity index (χ1v) is 9.23. The van der Waals surface area contributed by atoms with Crippen LogP contribution in [0, 0.1) is 23.3 Å². The summed E-state index contributed by atoms with van der Waals surface area (Å²) in [7, 11) is 0. The molecule has 0 spiro atoms. The van der Waals surface area contributed by atoms with Crippen LogP contribution in [0.25, 0.3) is 22.6 Å². The van der Waals surface area contributed by atoms with Crippen LogP contribution in [0.2, 0.25) is 0 Å². The van der Waals surface area contributed by atoms with Gasteiger partial charge in [-0.3, -0.25) is 0 Å². The van der Waals surface area contributed by atoms with Crippen molar-refractivity contribution >= 4 is 6.03 Å². The first-order chi connectivity index (χ1) is 15.4. The third-order valence-corrected chi connectivity index (χ3v) is 4.37. The van der Waals surface area contributed by atoms with E-state index in [0.717, 1.165) is 24.3 Å². The Bertz CT molecular complexity index is 1180. The van der Waals surface area contributed by atoms with E-state index in [1.807, 2.05) is 0 Å². The standard InChI is InChI=1S/C21H14F4N4O3/c22-11-1-3-15(17(24)5-11)19-7-13(28-31-19)9-26-21(30)27-10-14-8-20(32-29-14)16-4-2-12(23)6-18(16)25/h1-8H,9-10H2,(H2,26,27,30). The van der Waals surface area contributed by atoms with E-state index < -0.39 is 29.3 Å². The molecule has 2 aromatic heterocycles. The Hall–Kier alpha value is -4.15. The lowest BCUT2D eigenvalue weighted by atomic mass is 10.1. The monoisotopic (exact) mass is 446 g/mol. The molecule has 0 radical (unpaired) electrons. The normalized spacial score (nSPS) is 10.9. The summed E-state index contributed by atoms with van der Waals surface area (Å²) in [5.74, 6) is -2.86. The summed E-state index contributed by atoms with van der Waals surface area (Å²) in [6, 6.07) is 8.33. The molecule has 4 aromatic rings. The molecule has 0 aliphatic rings. The zero-order valence-electron chi connectivity index (χ0n) is 16.2. The van der Waals surface area contributed by atoms with Crippen LogP contribution in [-0.4, -0.2) is 16.3 Å². The number of urea groups is 1. The number of rotatable bonds is 6. The third-order valence-electron chi connectivity index (χ3n) is 4.37. The molecule has 164 valence electrons. The van der Waals surface area contributed by atoms with Gasteiger partial charge in [-0.25, -0.2) is 22.4 Å². The Labute approximate surface area is 178 Å². The highest BCUT2D eigenvalue weighted by atomic mass is 19.1. The second-order valence-electron chi connectivity index (χ2n) is 6.65. The fraction of sp³-hybridized carbons (Fsp3) is 0.0952. The zero-order valence-corrected chi connectivity index (χ0v) is 16.2. The van der Waals surface area contributed by atoms with Crippen LogP contribution in [0.5, 0.6) is 0 Å². The molecule has 0 saturated heterocycles. The van der Waals surface area contributed by atoms with Gasteiger partial charge in [0.1, 0.15) is 34.7 Å². The molecule has 0 fully saturated rings. The number of amides is 2. The van der Waals surface area contributed by atoms with E-state index in [0.29, 0.717) is 11.4 Å². The molecule has 0 bridgehead atoms. The van der Waals surface area contributed by atoms with Crippen molar-refractivity contribution in [3.8, 4) is 22.6 Å². The number of hydrogen-bond acceptors (Lipinski definition) is 5. The number of nitrogens with zero attached hydrogens (tertiary/aromatic N) is 2. The number of aromatic nitrogens is 2. The maximum Gasteiger partial charge on any atom is 0.315 e. The summed E-state index contributed by atoms with van der Waals surface area (Å²) in [6.07, 6.45) is 0.